The molecule has 1 aliphatic carbocycles. The van der Waals surface area contributed by atoms with Gasteiger partial charge in [0.1, 0.15) is 12.0 Å². The fourth-order valence-electron chi connectivity index (χ4n) is 1.98. The van der Waals surface area contributed by atoms with Gasteiger partial charge in [-0.2, -0.15) is 5.12 Å². The molecule has 1 aromatic heterocycles. The van der Waals surface area contributed by atoms with Crippen molar-refractivity contribution in [1.29, 1.82) is 0 Å². The highest BCUT2D eigenvalue weighted by Gasteiger charge is 2.41. The van der Waals surface area contributed by atoms with Crippen molar-refractivity contribution < 1.29 is 0 Å². The zero-order valence-electron chi connectivity index (χ0n) is 8.14. The zero-order chi connectivity index (χ0) is 9.71. The monoisotopic (exact) mass is 191 g/mol. The van der Waals surface area contributed by atoms with Gasteiger partial charge in [-0.15, -0.1) is 0 Å². The number of aromatic nitrogens is 2. The van der Waals surface area contributed by atoms with E-state index in [1.807, 2.05) is 12.1 Å². The highest BCUT2D eigenvalue weighted by Crippen LogP contribution is 2.52. The minimum absolute atomic E-state index is 0.636. The molecule has 0 saturated heterocycles. The summed E-state index contributed by atoms with van der Waals surface area (Å²) >= 11 is 0. The molecule has 5 heteroatoms. The Bertz CT molecular complexity index is 371. The van der Waals surface area contributed by atoms with E-state index in [1.165, 1.54) is 25.0 Å². The molecule has 0 aromatic carbocycles. The second kappa shape index (κ2) is 2.65. The third kappa shape index (κ3) is 0.964. The van der Waals surface area contributed by atoms with Gasteiger partial charge < -0.3 is 0 Å². The maximum Gasteiger partial charge on any atom is 0.178 e. The molecule has 14 heavy (non-hydrogen) atoms. The predicted octanol–water partition coefficient (Wildman–Crippen LogP) is 0.916. The molecule has 0 atom stereocenters. The lowest BCUT2D eigenvalue weighted by Gasteiger charge is -2.24. The molecule has 2 N–H and O–H groups in total. The van der Waals surface area contributed by atoms with Crippen molar-refractivity contribution >= 4 is 11.5 Å². The van der Waals surface area contributed by atoms with Crippen LogP contribution >= 0.6 is 0 Å². The summed E-state index contributed by atoms with van der Waals surface area (Å²) in [5, 5.41) is 3.46. The summed E-state index contributed by atoms with van der Waals surface area (Å²) in [5.41, 5.74) is 2.31. The Hall–Kier alpha value is -1.20. The smallest absolute Gasteiger partial charge is 0.178 e. The summed E-state index contributed by atoms with van der Waals surface area (Å²) in [5.74, 6) is 7.27. The Morgan fingerprint density at radius 3 is 2.86 bits per heavy atom. The van der Waals surface area contributed by atoms with Crippen molar-refractivity contribution in [3.63, 3.8) is 0 Å². The molecule has 1 fully saturated rings. The lowest BCUT2D eigenvalue weighted by molar-refractivity contribution is 0.374. The number of hydrogen-bond donors (Lipinski definition) is 1. The van der Waals surface area contributed by atoms with Crippen LogP contribution < -0.4 is 10.9 Å². The molecule has 1 saturated carbocycles. The highest BCUT2D eigenvalue weighted by molar-refractivity contribution is 5.90. The molecular formula is C9H13N5. The Morgan fingerprint density at radius 1 is 1.50 bits per heavy atom. The fraction of sp³-hybridized carbons (Fsp3) is 0.556. The number of rotatable bonds is 2. The standard InChI is InChI=1S/C9H13N5/c1-13(10)14-8-7(6-3-2-4-6)11-5-12-9(8)14/h5-6H,2-4,10H2,1H3. The number of fused-ring (bicyclic) bond motifs is 1. The molecule has 3 rings (SSSR count). The van der Waals surface area contributed by atoms with E-state index in [9.17, 15) is 0 Å². The second-order valence-electron chi connectivity index (χ2n) is 3.94. The average molecular weight is 191 g/mol. The second-order valence-corrected chi connectivity index (χ2v) is 3.94. The molecule has 1 aliphatic heterocycles. The van der Waals surface area contributed by atoms with Crippen LogP contribution in [0.15, 0.2) is 6.33 Å². The van der Waals surface area contributed by atoms with Crippen LogP contribution in [0.4, 0.5) is 11.5 Å². The first-order valence-electron chi connectivity index (χ1n) is 4.92. The van der Waals surface area contributed by atoms with Gasteiger partial charge in [0.15, 0.2) is 5.82 Å². The van der Waals surface area contributed by atoms with E-state index < -0.39 is 0 Å². The minimum atomic E-state index is 0.636. The van der Waals surface area contributed by atoms with Crippen LogP contribution in [0.1, 0.15) is 30.9 Å². The summed E-state index contributed by atoms with van der Waals surface area (Å²) in [7, 11) is 1.81. The largest absolute Gasteiger partial charge is 0.250 e. The molecule has 0 amide bonds. The molecule has 2 aliphatic rings. The highest BCUT2D eigenvalue weighted by atomic mass is 15.8. The van der Waals surface area contributed by atoms with Gasteiger partial charge in [0.05, 0.1) is 5.69 Å². The summed E-state index contributed by atoms with van der Waals surface area (Å²) < 4.78 is 0. The van der Waals surface area contributed by atoms with Gasteiger partial charge in [-0.25, -0.2) is 15.0 Å². The normalized spacial score (nSPS) is 19.5. The third-order valence-electron chi connectivity index (χ3n) is 3.00. The lowest BCUT2D eigenvalue weighted by Crippen LogP contribution is -2.34. The van der Waals surface area contributed by atoms with Gasteiger partial charge in [-0.05, 0) is 12.8 Å². The van der Waals surface area contributed by atoms with E-state index in [4.69, 9.17) is 5.84 Å². The summed E-state index contributed by atoms with van der Waals surface area (Å²) in [6.45, 7) is 0. The maximum absolute atomic E-state index is 5.67. The summed E-state index contributed by atoms with van der Waals surface area (Å²) in [6, 6.07) is 0. The van der Waals surface area contributed by atoms with Gasteiger partial charge in [0, 0.05) is 13.0 Å². The SMILES string of the molecule is CN(N)N1c2ncnc(C3CCC3)c21. The fourth-order valence-corrected chi connectivity index (χ4v) is 1.98. The first kappa shape index (κ1) is 8.14. The molecule has 2 heterocycles. The lowest BCUT2D eigenvalue weighted by atomic mass is 9.83. The molecule has 1 aromatic rings. The number of hydrazine groups is 2. The van der Waals surface area contributed by atoms with Crippen molar-refractivity contribution in [2.24, 2.45) is 5.84 Å². The topological polar surface area (TPSA) is 58.0 Å². The van der Waals surface area contributed by atoms with E-state index in [0.717, 1.165) is 11.5 Å². The van der Waals surface area contributed by atoms with Gasteiger partial charge in [0.25, 0.3) is 0 Å². The van der Waals surface area contributed by atoms with Crippen LogP contribution in [0.5, 0.6) is 0 Å². The Labute approximate surface area is 82.5 Å². The number of nitrogens with two attached hydrogens (primary N) is 1. The molecule has 0 bridgehead atoms. The van der Waals surface area contributed by atoms with Crippen LogP contribution in [-0.2, 0) is 0 Å². The molecule has 0 radical (unpaired) electrons. The molecule has 0 unspecified atom stereocenters. The van der Waals surface area contributed by atoms with Crippen LogP contribution in [0.25, 0.3) is 0 Å². The van der Waals surface area contributed by atoms with Crippen molar-refractivity contribution in [2.75, 3.05) is 12.1 Å². The van der Waals surface area contributed by atoms with Crippen LogP contribution in [0.3, 0.4) is 0 Å². The van der Waals surface area contributed by atoms with E-state index in [-0.39, 0.29) is 0 Å². The van der Waals surface area contributed by atoms with Gasteiger partial charge in [-0.3, -0.25) is 5.84 Å². The van der Waals surface area contributed by atoms with Crippen molar-refractivity contribution in [2.45, 2.75) is 25.2 Å². The number of anilines is 2. The quantitative estimate of drug-likeness (QED) is 0.428. The Kier molecular flexibility index (Phi) is 1.54. The van der Waals surface area contributed by atoms with E-state index in [0.29, 0.717) is 5.92 Å². The van der Waals surface area contributed by atoms with E-state index in [1.54, 1.807) is 11.4 Å². The third-order valence-corrected chi connectivity index (χ3v) is 3.00. The molecule has 5 nitrogen and oxygen atoms in total. The zero-order valence-corrected chi connectivity index (χ0v) is 8.14. The number of hydrogen-bond acceptors (Lipinski definition) is 5. The Morgan fingerprint density at radius 2 is 2.29 bits per heavy atom. The molecule has 0 spiro atoms. The minimum Gasteiger partial charge on any atom is -0.250 e. The first-order chi connectivity index (χ1) is 6.79. The summed E-state index contributed by atoms with van der Waals surface area (Å²) in [4.78, 5) is 8.52. The summed E-state index contributed by atoms with van der Waals surface area (Å²) in [6.07, 6.45) is 5.47. The average Bonchev–Trinajstić information content (AvgIpc) is 2.75. The van der Waals surface area contributed by atoms with Gasteiger partial charge in [0.2, 0.25) is 0 Å². The molecular weight excluding hydrogens is 178 g/mol. The Balaban J connectivity index is 1.94. The van der Waals surface area contributed by atoms with E-state index >= 15 is 0 Å². The predicted molar refractivity (Wildman–Crippen MR) is 52.7 cm³/mol. The van der Waals surface area contributed by atoms with Gasteiger partial charge in [-0.1, -0.05) is 6.42 Å². The van der Waals surface area contributed by atoms with Crippen LogP contribution in [0, 0.1) is 0 Å². The maximum atomic E-state index is 5.67. The van der Waals surface area contributed by atoms with Crippen molar-refractivity contribution in [1.82, 2.24) is 15.1 Å². The van der Waals surface area contributed by atoms with Crippen molar-refractivity contribution in [3.8, 4) is 0 Å². The van der Waals surface area contributed by atoms with Crippen LogP contribution in [0.2, 0.25) is 0 Å². The van der Waals surface area contributed by atoms with E-state index in [2.05, 4.69) is 9.97 Å². The first-order valence-corrected chi connectivity index (χ1v) is 4.92. The van der Waals surface area contributed by atoms with Gasteiger partial charge >= 0.3 is 0 Å². The number of nitrogens with zero attached hydrogens (tertiary/aromatic N) is 4. The van der Waals surface area contributed by atoms with Crippen molar-refractivity contribution in [3.05, 3.63) is 12.0 Å². The van der Waals surface area contributed by atoms with Crippen LogP contribution in [-0.4, -0.2) is 22.1 Å². The molecule has 74 valence electrons.